The molecule has 2 aliphatic carbocycles. The molecule has 0 radical (unpaired) electrons. The van der Waals surface area contributed by atoms with E-state index in [0.717, 1.165) is 48.6 Å². The molecule has 1 amide bonds. The van der Waals surface area contributed by atoms with Crippen LogP contribution in [0.15, 0.2) is 42.5 Å². The van der Waals surface area contributed by atoms with Crippen molar-refractivity contribution in [2.75, 3.05) is 13.1 Å². The van der Waals surface area contributed by atoms with Crippen molar-refractivity contribution < 1.29 is 4.79 Å². The van der Waals surface area contributed by atoms with E-state index in [-0.39, 0.29) is 17.4 Å². The second-order valence-corrected chi connectivity index (χ2v) is 8.64. The third kappa shape index (κ3) is 3.02. The minimum absolute atomic E-state index is 0.00749. The van der Waals surface area contributed by atoms with Crippen LogP contribution in [-0.4, -0.2) is 44.7 Å². The predicted octanol–water partition coefficient (Wildman–Crippen LogP) is 3.18. The van der Waals surface area contributed by atoms with E-state index in [1.807, 2.05) is 45.9 Å². The number of aromatic nitrogens is 3. The molecule has 1 fully saturated rings. The molecule has 0 unspecified atom stereocenters. The van der Waals surface area contributed by atoms with Gasteiger partial charge in [-0.1, -0.05) is 42.0 Å². The van der Waals surface area contributed by atoms with E-state index in [0.29, 0.717) is 18.9 Å². The van der Waals surface area contributed by atoms with Crippen LogP contribution in [-0.2, 0) is 12.0 Å². The van der Waals surface area contributed by atoms with Crippen LogP contribution >= 0.6 is 11.6 Å². The summed E-state index contributed by atoms with van der Waals surface area (Å²) >= 11 is 6.22. The van der Waals surface area contributed by atoms with E-state index in [1.54, 1.807) is 0 Å². The smallest absolute Gasteiger partial charge is 0.292 e. The van der Waals surface area contributed by atoms with Gasteiger partial charge in [-0.25, -0.2) is 0 Å². The van der Waals surface area contributed by atoms with Crippen molar-refractivity contribution in [3.05, 3.63) is 64.7 Å². The van der Waals surface area contributed by atoms with Crippen LogP contribution in [0, 0.1) is 0 Å². The largest absolute Gasteiger partial charge is 0.331 e. The van der Waals surface area contributed by atoms with Crippen molar-refractivity contribution >= 4 is 23.1 Å². The van der Waals surface area contributed by atoms with Crippen LogP contribution < -0.4 is 5.73 Å². The summed E-state index contributed by atoms with van der Waals surface area (Å²) in [6.45, 7) is 2.03. The average molecular weight is 410 g/mol. The Bertz CT molecular complexity index is 1020. The van der Waals surface area contributed by atoms with E-state index in [1.165, 1.54) is 5.56 Å². The Morgan fingerprint density at radius 2 is 1.93 bits per heavy atom. The van der Waals surface area contributed by atoms with Gasteiger partial charge >= 0.3 is 0 Å². The van der Waals surface area contributed by atoms with Crippen LogP contribution in [0.3, 0.4) is 0 Å². The highest BCUT2D eigenvalue weighted by molar-refractivity contribution is 6.30. The monoisotopic (exact) mass is 409 g/mol. The fraction of sp³-hybridized carbons (Fsp3) is 0.409. The molecule has 3 aliphatic rings. The number of rotatable bonds is 4. The van der Waals surface area contributed by atoms with E-state index in [4.69, 9.17) is 17.3 Å². The third-order valence-electron chi connectivity index (χ3n) is 6.76. The molecule has 6 nitrogen and oxygen atoms in total. The van der Waals surface area contributed by atoms with Gasteiger partial charge in [-0.15, -0.1) is 10.2 Å². The summed E-state index contributed by atoms with van der Waals surface area (Å²) in [7, 11) is 0. The summed E-state index contributed by atoms with van der Waals surface area (Å²) in [5.41, 5.74) is 8.42. The SMILES string of the molecule is NCC1(c2cccc(Cl)c2)CCC(N2CCn3c(nnc3C3=CC=C3)C2=O)CC1. The van der Waals surface area contributed by atoms with Gasteiger partial charge in [-0.2, -0.15) is 0 Å². The lowest BCUT2D eigenvalue weighted by molar-refractivity contribution is 0.0522. The normalized spacial score (nSPS) is 26.1. The van der Waals surface area contributed by atoms with Crippen LogP contribution in [0.5, 0.6) is 0 Å². The summed E-state index contributed by atoms with van der Waals surface area (Å²) in [5.74, 6) is 1.24. The maximum absolute atomic E-state index is 13.1. The van der Waals surface area contributed by atoms with Gasteiger partial charge < -0.3 is 15.2 Å². The first kappa shape index (κ1) is 18.6. The Hall–Kier alpha value is -2.44. The molecule has 1 aromatic carbocycles. The van der Waals surface area contributed by atoms with Crippen LogP contribution in [0.2, 0.25) is 5.02 Å². The van der Waals surface area contributed by atoms with Gasteiger partial charge in [0.1, 0.15) is 0 Å². The van der Waals surface area contributed by atoms with Gasteiger partial charge in [0.2, 0.25) is 5.82 Å². The highest BCUT2D eigenvalue weighted by Gasteiger charge is 2.41. The van der Waals surface area contributed by atoms with Crippen molar-refractivity contribution in [2.45, 2.75) is 43.7 Å². The number of benzene rings is 1. The maximum Gasteiger partial charge on any atom is 0.292 e. The Labute approximate surface area is 175 Å². The standard InChI is InChI=1S/C22H24ClN5O/c23-17-6-2-5-16(13-17)22(14-24)9-7-18(8-10-22)27-11-12-28-19(15-3-1-4-15)25-26-20(28)21(27)29/h1-6,13,18H,7-12,14,24H2. The van der Waals surface area contributed by atoms with Crippen LogP contribution in [0.4, 0.5) is 0 Å². The number of fused-ring (bicyclic) bond motifs is 1. The number of hydrogen-bond acceptors (Lipinski definition) is 4. The minimum atomic E-state index is -0.0591. The van der Waals surface area contributed by atoms with Crippen molar-refractivity contribution in [1.29, 1.82) is 0 Å². The second kappa shape index (κ2) is 7.11. The third-order valence-corrected chi connectivity index (χ3v) is 6.99. The van der Waals surface area contributed by atoms with Gasteiger partial charge in [0, 0.05) is 41.7 Å². The number of halogens is 1. The van der Waals surface area contributed by atoms with Crippen molar-refractivity contribution in [1.82, 2.24) is 19.7 Å². The number of nitrogens with two attached hydrogens (primary N) is 1. The molecule has 1 aliphatic heterocycles. The van der Waals surface area contributed by atoms with E-state index < -0.39 is 0 Å². The lowest BCUT2D eigenvalue weighted by atomic mass is 9.68. The molecule has 29 heavy (non-hydrogen) atoms. The topological polar surface area (TPSA) is 77.0 Å². The molecule has 0 spiro atoms. The van der Waals surface area contributed by atoms with Crippen LogP contribution in [0.25, 0.3) is 5.57 Å². The summed E-state index contributed by atoms with van der Waals surface area (Å²) in [5, 5.41) is 9.20. The van der Waals surface area contributed by atoms with Gasteiger partial charge in [-0.3, -0.25) is 4.79 Å². The molecule has 7 heteroatoms. The Kier molecular flexibility index (Phi) is 4.56. The quantitative estimate of drug-likeness (QED) is 0.841. The fourth-order valence-electron chi connectivity index (χ4n) is 4.91. The zero-order valence-corrected chi connectivity index (χ0v) is 17.0. The number of hydrogen-bond donors (Lipinski definition) is 1. The molecule has 2 N–H and O–H groups in total. The molecule has 0 saturated heterocycles. The number of nitrogens with zero attached hydrogens (tertiary/aromatic N) is 4. The van der Waals surface area contributed by atoms with Gasteiger partial charge in [0.15, 0.2) is 5.82 Å². The predicted molar refractivity (Wildman–Crippen MR) is 113 cm³/mol. The molecular formula is C22H24ClN5O. The summed E-state index contributed by atoms with van der Waals surface area (Å²) in [6, 6.07) is 8.27. The molecule has 1 saturated carbocycles. The van der Waals surface area contributed by atoms with Gasteiger partial charge in [-0.05, 0) is 43.4 Å². The average Bonchev–Trinajstić information content (AvgIpc) is 3.12. The summed E-state index contributed by atoms with van der Waals surface area (Å²) in [6.07, 6.45) is 9.74. The summed E-state index contributed by atoms with van der Waals surface area (Å²) in [4.78, 5) is 15.1. The Morgan fingerprint density at radius 1 is 1.17 bits per heavy atom. The minimum Gasteiger partial charge on any atom is -0.331 e. The highest BCUT2D eigenvalue weighted by Crippen LogP contribution is 2.41. The van der Waals surface area contributed by atoms with E-state index in [9.17, 15) is 4.79 Å². The van der Waals surface area contributed by atoms with Crippen molar-refractivity contribution in [3.63, 3.8) is 0 Å². The molecule has 0 bridgehead atoms. The molecule has 1 aromatic heterocycles. The lowest BCUT2D eigenvalue weighted by Gasteiger charge is -2.44. The van der Waals surface area contributed by atoms with Crippen molar-refractivity contribution in [2.24, 2.45) is 5.73 Å². The summed E-state index contributed by atoms with van der Waals surface area (Å²) < 4.78 is 1.95. The first-order valence-corrected chi connectivity index (χ1v) is 10.6. The van der Waals surface area contributed by atoms with Gasteiger partial charge in [0.25, 0.3) is 5.91 Å². The molecule has 5 rings (SSSR count). The zero-order chi connectivity index (χ0) is 20.0. The Morgan fingerprint density at radius 3 is 2.59 bits per heavy atom. The highest BCUT2D eigenvalue weighted by atomic mass is 35.5. The second-order valence-electron chi connectivity index (χ2n) is 8.20. The first-order valence-electron chi connectivity index (χ1n) is 10.2. The molecule has 0 atom stereocenters. The zero-order valence-electron chi connectivity index (χ0n) is 16.2. The van der Waals surface area contributed by atoms with Gasteiger partial charge in [0.05, 0.1) is 0 Å². The van der Waals surface area contributed by atoms with E-state index in [2.05, 4.69) is 16.3 Å². The fourth-order valence-corrected chi connectivity index (χ4v) is 5.10. The first-order chi connectivity index (χ1) is 14.1. The maximum atomic E-state index is 13.1. The molecular weight excluding hydrogens is 386 g/mol. The Balaban J connectivity index is 1.32. The number of carbonyl (C=O) groups is 1. The van der Waals surface area contributed by atoms with Crippen LogP contribution in [0.1, 0.15) is 47.7 Å². The number of carbonyl (C=O) groups excluding carboxylic acids is 1. The molecule has 150 valence electrons. The molecule has 2 aromatic rings. The van der Waals surface area contributed by atoms with E-state index >= 15 is 0 Å². The molecule has 2 heterocycles. The number of allylic oxidation sites excluding steroid dienone is 4. The lowest BCUT2D eigenvalue weighted by Crippen LogP contribution is -2.51. The van der Waals surface area contributed by atoms with Crippen molar-refractivity contribution in [3.8, 4) is 0 Å². The number of amides is 1.